The van der Waals surface area contributed by atoms with Crippen LogP contribution in [0.2, 0.25) is 0 Å². The summed E-state index contributed by atoms with van der Waals surface area (Å²) < 4.78 is 5.36. The number of likely N-dealkylation sites (tertiary alicyclic amines) is 1. The average molecular weight is 488 g/mol. The molecule has 1 aromatic carbocycles. The topological polar surface area (TPSA) is 48.9 Å². The fourth-order valence-electron chi connectivity index (χ4n) is 3.32. The molecule has 0 atom stereocenters. The molecule has 1 fully saturated rings. The maximum atomic E-state index is 5.36. The molecular weight excluding hydrogens is 451 g/mol. The Bertz CT molecular complexity index is 531. The number of nitrogens with one attached hydrogen (secondary N) is 2. The number of rotatable bonds is 9. The van der Waals surface area contributed by atoms with Crippen LogP contribution in [-0.4, -0.2) is 50.8 Å². The van der Waals surface area contributed by atoms with Gasteiger partial charge in [-0.15, -0.1) is 24.0 Å². The van der Waals surface area contributed by atoms with Gasteiger partial charge in [-0.3, -0.25) is 9.89 Å². The van der Waals surface area contributed by atoms with Gasteiger partial charge in [0.1, 0.15) is 0 Å². The SMILES string of the molecule is CCOCCCNC(=NC)NCc1cccc(CN2CCCCCC2)c1.I. The van der Waals surface area contributed by atoms with Crippen molar-refractivity contribution in [3.8, 4) is 0 Å². The molecule has 0 unspecified atom stereocenters. The van der Waals surface area contributed by atoms with Crippen LogP contribution < -0.4 is 10.6 Å². The van der Waals surface area contributed by atoms with E-state index >= 15 is 0 Å². The van der Waals surface area contributed by atoms with E-state index in [0.29, 0.717) is 0 Å². The number of hydrogen-bond acceptors (Lipinski definition) is 3. The molecule has 1 aliphatic heterocycles. The van der Waals surface area contributed by atoms with Crippen LogP contribution in [0.25, 0.3) is 0 Å². The van der Waals surface area contributed by atoms with Gasteiger partial charge in [-0.05, 0) is 50.4 Å². The van der Waals surface area contributed by atoms with E-state index in [0.717, 1.165) is 45.2 Å². The molecule has 154 valence electrons. The Hall–Kier alpha value is -0.860. The third-order valence-electron chi connectivity index (χ3n) is 4.74. The minimum atomic E-state index is 0. The highest BCUT2D eigenvalue weighted by Crippen LogP contribution is 2.14. The summed E-state index contributed by atoms with van der Waals surface area (Å²) >= 11 is 0. The number of nitrogens with zero attached hydrogens (tertiary/aromatic N) is 2. The van der Waals surface area contributed by atoms with Crippen molar-refractivity contribution in [2.24, 2.45) is 4.99 Å². The molecule has 0 saturated carbocycles. The Morgan fingerprint density at radius 3 is 2.56 bits per heavy atom. The largest absolute Gasteiger partial charge is 0.382 e. The maximum absolute atomic E-state index is 5.36. The van der Waals surface area contributed by atoms with Crippen LogP contribution in [0.1, 0.15) is 50.2 Å². The Morgan fingerprint density at radius 2 is 1.85 bits per heavy atom. The van der Waals surface area contributed by atoms with Gasteiger partial charge >= 0.3 is 0 Å². The normalized spacial score (nSPS) is 15.7. The minimum Gasteiger partial charge on any atom is -0.382 e. The van der Waals surface area contributed by atoms with E-state index in [1.165, 1.54) is 49.9 Å². The summed E-state index contributed by atoms with van der Waals surface area (Å²) in [5.41, 5.74) is 2.71. The quantitative estimate of drug-likeness (QED) is 0.241. The molecule has 1 aliphatic rings. The van der Waals surface area contributed by atoms with Crippen molar-refractivity contribution in [2.45, 2.75) is 52.1 Å². The first kappa shape index (κ1) is 24.2. The molecule has 0 amide bonds. The second-order valence-electron chi connectivity index (χ2n) is 6.91. The van der Waals surface area contributed by atoms with Crippen molar-refractivity contribution in [3.05, 3.63) is 35.4 Å². The molecule has 5 nitrogen and oxygen atoms in total. The molecule has 0 aromatic heterocycles. The standard InChI is InChI=1S/C21H36N4O.HI/c1-3-26-15-9-12-23-21(22-2)24-17-19-10-8-11-20(16-19)18-25-13-6-4-5-7-14-25;/h8,10-11,16H,3-7,9,12-15,17-18H2,1-2H3,(H2,22,23,24);1H. The summed E-state index contributed by atoms with van der Waals surface area (Å²) in [5, 5.41) is 6.74. The van der Waals surface area contributed by atoms with Crippen molar-refractivity contribution in [1.29, 1.82) is 0 Å². The zero-order chi connectivity index (χ0) is 18.5. The molecule has 0 spiro atoms. The molecule has 1 saturated heterocycles. The summed E-state index contributed by atoms with van der Waals surface area (Å²) in [5.74, 6) is 0.847. The van der Waals surface area contributed by atoms with Gasteiger partial charge in [-0.2, -0.15) is 0 Å². The van der Waals surface area contributed by atoms with E-state index in [1.807, 2.05) is 14.0 Å². The highest BCUT2D eigenvalue weighted by molar-refractivity contribution is 14.0. The van der Waals surface area contributed by atoms with E-state index in [1.54, 1.807) is 0 Å². The molecule has 1 aromatic rings. The lowest BCUT2D eigenvalue weighted by Gasteiger charge is -2.20. The van der Waals surface area contributed by atoms with Crippen molar-refractivity contribution in [1.82, 2.24) is 15.5 Å². The van der Waals surface area contributed by atoms with Crippen LogP contribution in [0.3, 0.4) is 0 Å². The van der Waals surface area contributed by atoms with Gasteiger partial charge in [0.05, 0.1) is 0 Å². The molecule has 6 heteroatoms. The number of guanidine groups is 1. The zero-order valence-electron chi connectivity index (χ0n) is 17.0. The third-order valence-corrected chi connectivity index (χ3v) is 4.74. The van der Waals surface area contributed by atoms with Crippen LogP contribution in [0.4, 0.5) is 0 Å². The molecule has 2 N–H and O–H groups in total. The van der Waals surface area contributed by atoms with Crippen LogP contribution in [0.15, 0.2) is 29.3 Å². The van der Waals surface area contributed by atoms with Gasteiger partial charge < -0.3 is 15.4 Å². The Kier molecular flexibility index (Phi) is 13.5. The Morgan fingerprint density at radius 1 is 1.11 bits per heavy atom. The predicted octanol–water partition coefficient (Wildman–Crippen LogP) is 3.77. The van der Waals surface area contributed by atoms with Gasteiger partial charge in [0.2, 0.25) is 0 Å². The van der Waals surface area contributed by atoms with Crippen LogP contribution >= 0.6 is 24.0 Å². The van der Waals surface area contributed by atoms with Gasteiger partial charge in [0.15, 0.2) is 5.96 Å². The lowest BCUT2D eigenvalue weighted by molar-refractivity contribution is 0.145. The summed E-state index contributed by atoms with van der Waals surface area (Å²) in [7, 11) is 1.81. The fourth-order valence-corrected chi connectivity index (χ4v) is 3.32. The molecule has 1 heterocycles. The highest BCUT2D eigenvalue weighted by Gasteiger charge is 2.09. The lowest BCUT2D eigenvalue weighted by Crippen LogP contribution is -2.37. The fraction of sp³-hybridized carbons (Fsp3) is 0.667. The Labute approximate surface area is 182 Å². The number of ether oxygens (including phenoxy) is 1. The first-order chi connectivity index (χ1) is 12.8. The van der Waals surface area contributed by atoms with Crippen LogP contribution in [0.5, 0.6) is 0 Å². The highest BCUT2D eigenvalue weighted by atomic mass is 127. The monoisotopic (exact) mass is 488 g/mol. The lowest BCUT2D eigenvalue weighted by atomic mass is 10.1. The minimum absolute atomic E-state index is 0. The molecular formula is C21H37IN4O. The summed E-state index contributed by atoms with van der Waals surface area (Å²) in [4.78, 5) is 6.89. The van der Waals surface area contributed by atoms with Crippen molar-refractivity contribution in [3.63, 3.8) is 0 Å². The smallest absolute Gasteiger partial charge is 0.191 e. The first-order valence-electron chi connectivity index (χ1n) is 10.1. The van der Waals surface area contributed by atoms with E-state index < -0.39 is 0 Å². The average Bonchev–Trinajstić information content (AvgIpc) is 2.93. The second-order valence-corrected chi connectivity index (χ2v) is 6.91. The summed E-state index contributed by atoms with van der Waals surface area (Å²) in [6, 6.07) is 8.92. The third kappa shape index (κ3) is 10.3. The van der Waals surface area contributed by atoms with E-state index in [4.69, 9.17) is 4.74 Å². The molecule has 27 heavy (non-hydrogen) atoms. The zero-order valence-corrected chi connectivity index (χ0v) is 19.3. The number of aliphatic imine (C=N–C) groups is 1. The number of benzene rings is 1. The van der Waals surface area contributed by atoms with Crippen molar-refractivity contribution < 1.29 is 4.74 Å². The van der Waals surface area contributed by atoms with Gasteiger partial charge in [0, 0.05) is 39.9 Å². The second kappa shape index (κ2) is 15.1. The Balaban J connectivity index is 0.00000364. The predicted molar refractivity (Wildman–Crippen MR) is 125 cm³/mol. The first-order valence-corrected chi connectivity index (χ1v) is 10.1. The number of hydrogen-bond donors (Lipinski definition) is 2. The molecule has 2 rings (SSSR count). The molecule has 0 bridgehead atoms. The molecule has 0 radical (unpaired) electrons. The summed E-state index contributed by atoms with van der Waals surface area (Å²) in [6.45, 7) is 8.79. The van der Waals surface area contributed by atoms with Crippen molar-refractivity contribution >= 4 is 29.9 Å². The van der Waals surface area contributed by atoms with E-state index in [2.05, 4.69) is 44.8 Å². The van der Waals surface area contributed by atoms with Crippen molar-refractivity contribution in [2.75, 3.05) is 39.9 Å². The summed E-state index contributed by atoms with van der Waals surface area (Å²) in [6.07, 6.45) is 6.44. The van der Waals surface area contributed by atoms with Crippen LogP contribution in [0, 0.1) is 0 Å². The maximum Gasteiger partial charge on any atom is 0.191 e. The molecule has 0 aliphatic carbocycles. The van der Waals surface area contributed by atoms with Gasteiger partial charge in [0.25, 0.3) is 0 Å². The van der Waals surface area contributed by atoms with E-state index in [-0.39, 0.29) is 24.0 Å². The van der Waals surface area contributed by atoms with E-state index in [9.17, 15) is 0 Å². The number of halogens is 1. The van der Waals surface area contributed by atoms with Crippen LogP contribution in [-0.2, 0) is 17.8 Å². The van der Waals surface area contributed by atoms with Gasteiger partial charge in [-0.25, -0.2) is 0 Å². The van der Waals surface area contributed by atoms with Gasteiger partial charge in [-0.1, -0.05) is 37.1 Å².